The first-order valence-electron chi connectivity index (χ1n) is 15.7. The Balaban J connectivity index is 0.00000250. The fourth-order valence-electron chi connectivity index (χ4n) is 6.81. The quantitative estimate of drug-likeness (QED) is 0.262. The van der Waals surface area contributed by atoms with Crippen LogP contribution in [0.4, 0.5) is 8.78 Å². The summed E-state index contributed by atoms with van der Waals surface area (Å²) in [5, 5.41) is 0. The van der Waals surface area contributed by atoms with Crippen molar-refractivity contribution in [2.24, 2.45) is 0 Å². The van der Waals surface area contributed by atoms with Gasteiger partial charge >= 0.3 is 0 Å². The third-order valence-corrected chi connectivity index (χ3v) is 9.00. The third kappa shape index (κ3) is 8.69. The molecule has 0 bridgehead atoms. The number of nitrogens with zero attached hydrogens (tertiary/aromatic N) is 5. The van der Waals surface area contributed by atoms with E-state index in [2.05, 4.69) is 68.3 Å². The maximum absolute atomic E-state index is 13.3. The monoisotopic (exact) mass is 693 g/mol. The zero-order chi connectivity index (χ0) is 31.3. The van der Waals surface area contributed by atoms with Gasteiger partial charge in [-0.25, -0.2) is 8.78 Å². The van der Waals surface area contributed by atoms with Gasteiger partial charge in [0.1, 0.15) is 12.4 Å². The molecule has 0 radical (unpaired) electrons. The van der Waals surface area contributed by atoms with E-state index in [1.165, 1.54) is 18.2 Å². The molecule has 1 unspecified atom stereocenters. The number of halogens is 4. The standard InChI is InChI=1S/C34H41F2N5O4.2ClH/c1-43-22-30(42)40-15-16-41-26(18-40)17-39(20-28(41)31(23-9-5-3-6-10-23)24-11-7-4-8-12-24)19-27-33(44-2)37-32(25-13-14-25)38-34(27)45-21-29(35)36;;/h3-12,25-26,28-29,31H,13-22H2,1-2H3;2*1H/t26-,28?;;/m1../s1. The largest absolute Gasteiger partial charge is 0.481 e. The smallest absolute Gasteiger partial charge is 0.272 e. The lowest BCUT2D eigenvalue weighted by atomic mass is 9.81. The molecule has 1 aliphatic carbocycles. The van der Waals surface area contributed by atoms with Crippen molar-refractivity contribution in [1.82, 2.24) is 24.7 Å². The molecule has 3 aromatic rings. The van der Waals surface area contributed by atoms with Crippen molar-refractivity contribution in [1.29, 1.82) is 0 Å². The molecule has 1 amide bonds. The van der Waals surface area contributed by atoms with Crippen LogP contribution in [-0.2, 0) is 16.1 Å². The van der Waals surface area contributed by atoms with E-state index in [0.29, 0.717) is 50.0 Å². The summed E-state index contributed by atoms with van der Waals surface area (Å²) in [4.78, 5) is 29.0. The van der Waals surface area contributed by atoms with Gasteiger partial charge in [0.25, 0.3) is 6.43 Å². The van der Waals surface area contributed by atoms with E-state index < -0.39 is 13.0 Å². The molecule has 0 spiro atoms. The summed E-state index contributed by atoms with van der Waals surface area (Å²) in [5.41, 5.74) is 2.99. The molecule has 0 N–H and O–H groups in total. The van der Waals surface area contributed by atoms with E-state index in [-0.39, 0.29) is 67.1 Å². The molecule has 13 heteroatoms. The predicted octanol–water partition coefficient (Wildman–Crippen LogP) is 5.03. The second kappa shape index (κ2) is 16.8. The maximum atomic E-state index is 13.3. The number of aromatic nitrogens is 2. The number of hydrogen-bond acceptors (Lipinski definition) is 8. The number of amides is 1. The summed E-state index contributed by atoms with van der Waals surface area (Å²) >= 11 is 0. The Morgan fingerprint density at radius 3 is 2.11 bits per heavy atom. The highest BCUT2D eigenvalue weighted by Crippen LogP contribution is 2.41. The Morgan fingerprint density at radius 2 is 1.53 bits per heavy atom. The van der Waals surface area contributed by atoms with Crippen LogP contribution in [0.2, 0.25) is 0 Å². The van der Waals surface area contributed by atoms with Crippen LogP contribution in [-0.4, -0.2) is 109 Å². The molecule has 2 saturated heterocycles. The van der Waals surface area contributed by atoms with Gasteiger partial charge in [-0.3, -0.25) is 14.6 Å². The maximum Gasteiger partial charge on any atom is 0.272 e. The van der Waals surface area contributed by atoms with Crippen LogP contribution in [0.3, 0.4) is 0 Å². The average Bonchev–Trinajstić information content (AvgIpc) is 3.91. The van der Waals surface area contributed by atoms with E-state index in [4.69, 9.17) is 14.2 Å². The minimum absolute atomic E-state index is 0. The van der Waals surface area contributed by atoms with Crippen LogP contribution >= 0.6 is 24.8 Å². The first kappa shape index (κ1) is 36.7. The van der Waals surface area contributed by atoms with Gasteiger partial charge in [-0.2, -0.15) is 9.97 Å². The van der Waals surface area contributed by atoms with E-state index in [0.717, 1.165) is 19.4 Å². The molecule has 256 valence electrons. The number of carbonyl (C=O) groups is 1. The van der Waals surface area contributed by atoms with Crippen molar-refractivity contribution in [2.45, 2.75) is 49.7 Å². The third-order valence-electron chi connectivity index (χ3n) is 9.00. The Kier molecular flexibility index (Phi) is 13.2. The molecule has 2 aliphatic heterocycles. The lowest BCUT2D eigenvalue weighted by Crippen LogP contribution is -2.67. The van der Waals surface area contributed by atoms with Crippen LogP contribution in [0.1, 0.15) is 47.2 Å². The lowest BCUT2D eigenvalue weighted by Gasteiger charge is -2.53. The summed E-state index contributed by atoms with van der Waals surface area (Å²) < 4.78 is 43.1. The highest BCUT2D eigenvalue weighted by atomic mass is 35.5. The predicted molar refractivity (Wildman–Crippen MR) is 179 cm³/mol. The van der Waals surface area contributed by atoms with Crippen molar-refractivity contribution in [3.63, 3.8) is 0 Å². The van der Waals surface area contributed by atoms with Crippen LogP contribution in [0.25, 0.3) is 0 Å². The van der Waals surface area contributed by atoms with E-state index in [1.54, 1.807) is 7.11 Å². The van der Waals surface area contributed by atoms with Gasteiger partial charge in [0.15, 0.2) is 6.61 Å². The topological polar surface area (TPSA) is 80.3 Å². The number of ether oxygens (including phenoxy) is 3. The number of carbonyl (C=O) groups excluding carboxylic acids is 1. The van der Waals surface area contributed by atoms with Crippen LogP contribution < -0.4 is 9.47 Å². The Morgan fingerprint density at radius 1 is 0.894 bits per heavy atom. The van der Waals surface area contributed by atoms with E-state index >= 15 is 0 Å². The molecular weight excluding hydrogens is 651 g/mol. The minimum atomic E-state index is -2.63. The fraction of sp³-hybridized carbons (Fsp3) is 0.500. The summed E-state index contributed by atoms with van der Waals surface area (Å²) in [6.45, 7) is 2.93. The number of piperazine rings is 2. The minimum Gasteiger partial charge on any atom is -0.481 e. The number of hydrogen-bond donors (Lipinski definition) is 0. The molecule has 3 heterocycles. The highest BCUT2D eigenvalue weighted by Gasteiger charge is 2.43. The van der Waals surface area contributed by atoms with Gasteiger partial charge in [-0.05, 0) is 24.0 Å². The molecule has 9 nitrogen and oxygen atoms in total. The van der Waals surface area contributed by atoms with Gasteiger partial charge in [0, 0.05) is 70.3 Å². The zero-order valence-electron chi connectivity index (χ0n) is 26.7. The average molecular weight is 695 g/mol. The SMILES string of the molecule is COCC(=O)N1CCN2C(C(c3ccccc3)c3ccccc3)CN(Cc3c(OC)nc(C4CC4)nc3OCC(F)F)C[C@@H]2C1.Cl.Cl. The van der Waals surface area contributed by atoms with Crippen LogP contribution in [0.5, 0.6) is 11.8 Å². The second-order valence-electron chi connectivity index (χ2n) is 12.1. The summed E-state index contributed by atoms with van der Waals surface area (Å²) in [7, 11) is 3.08. The number of alkyl halides is 2. The summed E-state index contributed by atoms with van der Waals surface area (Å²) in [6, 6.07) is 21.1. The van der Waals surface area contributed by atoms with Gasteiger partial charge in [0.2, 0.25) is 17.7 Å². The number of rotatable bonds is 12. The van der Waals surface area contributed by atoms with E-state index in [1.807, 2.05) is 17.0 Å². The number of methoxy groups -OCH3 is 2. The molecular formula is C34H43Cl2F2N5O4. The summed E-state index contributed by atoms with van der Waals surface area (Å²) in [5.74, 6) is 1.33. The van der Waals surface area contributed by atoms with Gasteiger partial charge in [0.05, 0.1) is 12.7 Å². The Hall–Kier alpha value is -3.09. The first-order valence-corrected chi connectivity index (χ1v) is 15.7. The molecule has 1 aromatic heterocycles. The van der Waals surface area contributed by atoms with E-state index in [9.17, 15) is 13.6 Å². The van der Waals surface area contributed by atoms with Gasteiger partial charge in [-0.15, -0.1) is 24.8 Å². The zero-order valence-corrected chi connectivity index (χ0v) is 28.3. The van der Waals surface area contributed by atoms with Gasteiger partial charge < -0.3 is 19.1 Å². The molecule has 6 rings (SSSR count). The Labute approximate surface area is 287 Å². The molecule has 3 aliphatic rings. The van der Waals surface area contributed by atoms with Crippen LogP contribution in [0.15, 0.2) is 60.7 Å². The Bertz CT molecular complexity index is 1400. The van der Waals surface area contributed by atoms with Crippen LogP contribution in [0, 0.1) is 0 Å². The van der Waals surface area contributed by atoms with Crippen molar-refractivity contribution in [3.8, 4) is 11.8 Å². The van der Waals surface area contributed by atoms with Crippen molar-refractivity contribution < 1.29 is 27.8 Å². The van der Waals surface area contributed by atoms with Crippen molar-refractivity contribution >= 4 is 30.7 Å². The first-order chi connectivity index (χ1) is 21.9. The number of fused-ring (bicyclic) bond motifs is 1. The molecule has 3 fully saturated rings. The highest BCUT2D eigenvalue weighted by molar-refractivity contribution is 5.85. The van der Waals surface area contributed by atoms with Crippen molar-refractivity contribution in [3.05, 3.63) is 83.2 Å². The molecule has 47 heavy (non-hydrogen) atoms. The second-order valence-corrected chi connectivity index (χ2v) is 12.1. The summed E-state index contributed by atoms with van der Waals surface area (Å²) in [6.07, 6.45) is -0.715. The van der Waals surface area contributed by atoms with Gasteiger partial charge in [-0.1, -0.05) is 60.7 Å². The molecule has 1 saturated carbocycles. The molecule has 2 aromatic carbocycles. The lowest BCUT2D eigenvalue weighted by molar-refractivity contribution is -0.140. The molecule has 2 atom stereocenters. The van der Waals surface area contributed by atoms with Crippen molar-refractivity contribution in [2.75, 3.05) is 60.2 Å². The number of benzene rings is 2. The normalized spacial score (nSPS) is 19.9. The fourth-order valence-corrected chi connectivity index (χ4v) is 6.81.